The summed E-state index contributed by atoms with van der Waals surface area (Å²) in [6.45, 7) is 7.34. The van der Waals surface area contributed by atoms with E-state index in [-0.39, 0.29) is 18.0 Å². The van der Waals surface area contributed by atoms with Crippen LogP contribution < -0.4 is 20.2 Å². The molecule has 0 bridgehead atoms. The summed E-state index contributed by atoms with van der Waals surface area (Å²) in [5.41, 5.74) is 1.29. The lowest BCUT2D eigenvalue weighted by Crippen LogP contribution is -2.49. The van der Waals surface area contributed by atoms with Gasteiger partial charge in [0.15, 0.2) is 6.10 Å². The molecule has 21 nitrogen and oxygen atoms in total. The summed E-state index contributed by atoms with van der Waals surface area (Å²) in [6, 6.07) is 18.1. The molecule has 0 saturated carbocycles. The highest BCUT2D eigenvalue weighted by Crippen LogP contribution is 2.42. The number of aliphatic hydroxyl groups is 5. The third-order valence-corrected chi connectivity index (χ3v) is 12.3. The van der Waals surface area contributed by atoms with Crippen molar-refractivity contribution in [2.45, 2.75) is 88.6 Å². The van der Waals surface area contributed by atoms with E-state index >= 15 is 4.39 Å². The number of rotatable bonds is 20. The number of carbonyl (C=O) groups excluding carboxylic acids is 2. The quantitative estimate of drug-likeness (QED) is 0.0553. The second kappa shape index (κ2) is 22.3. The Labute approximate surface area is 394 Å². The predicted molar refractivity (Wildman–Crippen MR) is 239 cm³/mol. The summed E-state index contributed by atoms with van der Waals surface area (Å²) in [5.74, 6) is -2.21. The minimum atomic E-state index is -2.35. The molecular weight excluding hydrogens is 911 g/mol. The van der Waals surface area contributed by atoms with Crippen molar-refractivity contribution in [3.05, 3.63) is 113 Å². The van der Waals surface area contributed by atoms with Gasteiger partial charge in [-0.2, -0.15) is 10.2 Å². The molecule has 7 rings (SSSR count). The molecule has 5 aromatic rings. The van der Waals surface area contributed by atoms with Gasteiger partial charge in [0.25, 0.3) is 0 Å². The first kappa shape index (κ1) is 50.4. The molecular formula is C46H56F2N8O13. The van der Waals surface area contributed by atoms with Crippen molar-refractivity contribution in [3.63, 3.8) is 0 Å². The van der Waals surface area contributed by atoms with Gasteiger partial charge in [-0.05, 0) is 74.4 Å². The second-order valence-electron chi connectivity index (χ2n) is 17.0. The Hall–Kier alpha value is -6.50. The number of ether oxygens (including phenoxy) is 5. The van der Waals surface area contributed by atoms with E-state index in [4.69, 9.17) is 28.8 Å². The van der Waals surface area contributed by atoms with Crippen LogP contribution in [-0.2, 0) is 35.9 Å². The Bertz CT molecular complexity index is 2520. The molecule has 2 aliphatic heterocycles. The van der Waals surface area contributed by atoms with Crippen LogP contribution in [-0.4, -0.2) is 150 Å². The van der Waals surface area contributed by atoms with Crippen LogP contribution in [0.5, 0.6) is 5.75 Å². The van der Waals surface area contributed by atoms with Crippen molar-refractivity contribution in [2.24, 2.45) is 5.92 Å². The van der Waals surface area contributed by atoms with Gasteiger partial charge in [-0.1, -0.05) is 13.0 Å². The number of anilines is 2. The second-order valence-corrected chi connectivity index (χ2v) is 17.0. The Balaban J connectivity index is 0.870. The molecule has 0 aliphatic carbocycles. The van der Waals surface area contributed by atoms with Crippen LogP contribution in [0.3, 0.4) is 0 Å². The van der Waals surface area contributed by atoms with Gasteiger partial charge in [0, 0.05) is 62.0 Å². The van der Waals surface area contributed by atoms with E-state index in [1.165, 1.54) is 47.3 Å². The summed E-state index contributed by atoms with van der Waals surface area (Å²) in [5, 5.41) is 56.4. The molecule has 2 fully saturated rings. The van der Waals surface area contributed by atoms with Crippen molar-refractivity contribution in [2.75, 3.05) is 55.8 Å². The number of aliphatic hydroxyl groups excluding tert-OH is 5. The lowest BCUT2D eigenvalue weighted by Gasteiger charge is -2.37. The fourth-order valence-electron chi connectivity index (χ4n) is 8.54. The van der Waals surface area contributed by atoms with Crippen LogP contribution in [0.25, 0.3) is 5.69 Å². The lowest BCUT2D eigenvalue weighted by atomic mass is 9.87. The van der Waals surface area contributed by atoms with E-state index in [0.717, 1.165) is 50.5 Å². The highest BCUT2D eigenvalue weighted by atomic mass is 19.1. The number of hydrogen-bond donors (Lipinski definition) is 5. The Morgan fingerprint density at radius 1 is 0.855 bits per heavy atom. The topological polar surface area (TPSA) is 258 Å². The molecule has 372 valence electrons. The minimum Gasteiger partial charge on any atom is -0.493 e. The molecule has 9 atom stereocenters. The molecule has 69 heavy (non-hydrogen) atoms. The summed E-state index contributed by atoms with van der Waals surface area (Å²) in [4.78, 5) is 46.9. The average Bonchev–Trinajstić information content (AvgIpc) is 4.11. The molecule has 2 aliphatic rings. The SMILES string of the molecule is CC[C@@H]([C@H](C)OC(=O)OC(C)OC(=O)[C@H](O)[C@@H](O)[C@H](O)[C@H](O)CO)n1ncn(-c2ccc(N3CCN(c4ccc(OC[C@@H]5CO[C@@](Cn6cncn6)(c6ccc(F)cc6F)C5)cc4)CC3)cc2)c1=O. The number of nitrogens with zero attached hydrogens (tertiary/aromatic N) is 8. The maximum Gasteiger partial charge on any atom is 0.511 e. The van der Waals surface area contributed by atoms with Gasteiger partial charge in [0.05, 0.1) is 38.1 Å². The number of esters is 1. The molecule has 0 spiro atoms. The largest absolute Gasteiger partial charge is 0.511 e. The van der Waals surface area contributed by atoms with Gasteiger partial charge >= 0.3 is 17.8 Å². The summed E-state index contributed by atoms with van der Waals surface area (Å²) in [6.07, 6.45) is -7.29. The van der Waals surface area contributed by atoms with Crippen molar-refractivity contribution in [3.8, 4) is 11.4 Å². The van der Waals surface area contributed by atoms with Crippen molar-refractivity contribution >= 4 is 23.5 Å². The third kappa shape index (κ3) is 11.9. The molecule has 2 saturated heterocycles. The van der Waals surface area contributed by atoms with Crippen molar-refractivity contribution in [1.29, 1.82) is 0 Å². The third-order valence-electron chi connectivity index (χ3n) is 12.3. The monoisotopic (exact) mass is 966 g/mol. The fourth-order valence-corrected chi connectivity index (χ4v) is 8.54. The van der Waals surface area contributed by atoms with Gasteiger partial charge in [-0.25, -0.2) is 42.1 Å². The Morgan fingerprint density at radius 2 is 1.51 bits per heavy atom. The van der Waals surface area contributed by atoms with Gasteiger partial charge in [0.2, 0.25) is 6.29 Å². The van der Waals surface area contributed by atoms with Gasteiger partial charge in [0.1, 0.15) is 66.4 Å². The van der Waals surface area contributed by atoms with Gasteiger partial charge in [-0.15, -0.1) is 0 Å². The van der Waals surface area contributed by atoms with E-state index in [9.17, 15) is 39.2 Å². The number of benzene rings is 3. The highest BCUT2D eigenvalue weighted by molar-refractivity contribution is 5.75. The first-order chi connectivity index (χ1) is 33.1. The van der Waals surface area contributed by atoms with Crippen LogP contribution in [0.4, 0.5) is 25.0 Å². The zero-order chi connectivity index (χ0) is 49.4. The summed E-state index contributed by atoms with van der Waals surface area (Å²) >= 11 is 0. The molecule has 5 N–H and O–H groups in total. The Morgan fingerprint density at radius 3 is 2.12 bits per heavy atom. The average molecular weight is 967 g/mol. The predicted octanol–water partition coefficient (Wildman–Crippen LogP) is 2.06. The molecule has 4 heterocycles. The number of piperazine rings is 1. The summed E-state index contributed by atoms with van der Waals surface area (Å²) in [7, 11) is 0. The number of hydrogen-bond acceptors (Lipinski definition) is 18. The van der Waals surface area contributed by atoms with Crippen molar-refractivity contribution < 1.29 is 67.6 Å². The van der Waals surface area contributed by atoms with Crippen LogP contribution in [0, 0.1) is 17.6 Å². The standard InChI is InChI=1S/C46H56F2N8O13/c1-4-38(28(2)67-45(64)69-29(3)68-43(62)42(61)41(60)40(59)39(58)21-57)56-44(63)55(27-51-56)34-8-6-32(7-9-34)52-15-17-53(18-16-52)33-10-12-35(13-11-33)65-22-30-20-46(66-23-30,24-54-26-49-25-50-54)36-14-5-31(47)19-37(36)48/h5-14,19,25-30,38-42,57-61H,4,15-18,20-24H2,1-3H3/t28-,29?,30+,38-,39+,40+,41-,42+,46-/m0/s1. The van der Waals surface area contributed by atoms with E-state index in [2.05, 4.69) is 25.0 Å². The van der Waals surface area contributed by atoms with Crippen LogP contribution >= 0.6 is 0 Å². The van der Waals surface area contributed by atoms with Gasteiger partial charge < -0.3 is 59.0 Å². The molecule has 0 radical (unpaired) electrons. The van der Waals surface area contributed by atoms with Crippen molar-refractivity contribution in [1.82, 2.24) is 29.1 Å². The summed E-state index contributed by atoms with van der Waals surface area (Å²) < 4.78 is 60.5. The van der Waals surface area contributed by atoms with E-state index in [0.29, 0.717) is 37.5 Å². The minimum absolute atomic E-state index is 0.0610. The fraction of sp³-hybridized carbons (Fsp3) is 0.478. The lowest BCUT2D eigenvalue weighted by molar-refractivity contribution is -0.191. The maximum atomic E-state index is 15.0. The van der Waals surface area contributed by atoms with Crippen LogP contribution in [0.15, 0.2) is 90.5 Å². The number of halogens is 2. The molecule has 0 amide bonds. The zero-order valence-electron chi connectivity index (χ0n) is 38.1. The smallest absolute Gasteiger partial charge is 0.493 e. The first-order valence-electron chi connectivity index (χ1n) is 22.4. The molecule has 2 aromatic heterocycles. The molecule has 3 aromatic carbocycles. The van der Waals surface area contributed by atoms with E-state index in [1.54, 1.807) is 11.6 Å². The zero-order valence-corrected chi connectivity index (χ0v) is 38.1. The van der Waals surface area contributed by atoms with Crippen LogP contribution in [0.2, 0.25) is 0 Å². The molecule has 23 heteroatoms. The van der Waals surface area contributed by atoms with E-state index in [1.807, 2.05) is 48.5 Å². The van der Waals surface area contributed by atoms with E-state index < -0.39 is 84.5 Å². The first-order valence-corrected chi connectivity index (χ1v) is 22.4. The van der Waals surface area contributed by atoms with Crippen LogP contribution in [0.1, 0.15) is 45.2 Å². The number of aromatic nitrogens is 6. The number of carbonyl (C=O) groups is 2. The highest BCUT2D eigenvalue weighted by Gasteiger charge is 2.45. The maximum absolute atomic E-state index is 15.0. The molecule has 1 unspecified atom stereocenters. The Kier molecular flexibility index (Phi) is 16.3. The van der Waals surface area contributed by atoms with Gasteiger partial charge in [-0.3, -0.25) is 0 Å². The normalized spacial score (nSPS) is 20.3.